The quantitative estimate of drug-likeness (QED) is 0.400. The lowest BCUT2D eigenvalue weighted by Crippen LogP contribution is -2.32. The Hall–Kier alpha value is -2.17. The summed E-state index contributed by atoms with van der Waals surface area (Å²) in [6.45, 7) is 2.28. The molecule has 3 aromatic rings. The summed E-state index contributed by atoms with van der Waals surface area (Å²) in [5.74, 6) is -0.238. The Kier molecular flexibility index (Phi) is 5.26. The van der Waals surface area contributed by atoms with Crippen LogP contribution in [0.2, 0.25) is 0 Å². The summed E-state index contributed by atoms with van der Waals surface area (Å²) in [4.78, 5) is 29.9. The normalized spacial score (nSPS) is 15.1. The van der Waals surface area contributed by atoms with E-state index < -0.39 is 15.9 Å². The van der Waals surface area contributed by atoms with Crippen LogP contribution in [0.25, 0.3) is 10.9 Å². The Balaban J connectivity index is 1.59. The Bertz CT molecular complexity index is 1300. The SMILES string of the molecule is CCn1c(SCCN2C(=O)c3ccccc3S2(=O)=O)nc2ccc(Br)cc2c1=O. The third-order valence-electron chi connectivity index (χ3n) is 4.63. The number of rotatable bonds is 5. The molecule has 0 aliphatic carbocycles. The second-order valence-corrected chi connectivity index (χ2v) is 10.1. The van der Waals surface area contributed by atoms with E-state index in [1.54, 1.807) is 28.8 Å². The molecule has 0 radical (unpaired) electrons. The van der Waals surface area contributed by atoms with E-state index in [0.29, 0.717) is 22.6 Å². The zero-order chi connectivity index (χ0) is 20.8. The number of benzene rings is 2. The Morgan fingerprint density at radius 2 is 1.90 bits per heavy atom. The molecule has 0 saturated carbocycles. The first-order chi connectivity index (χ1) is 13.8. The standard InChI is InChI=1S/C19H16BrN3O4S2/c1-2-22-17(24)14-11-12(20)7-8-15(14)21-19(22)28-10-9-23-18(25)13-5-3-4-6-16(13)29(23,26)27/h3-8,11H,2,9-10H2,1H3. The molecule has 2 heterocycles. The molecule has 0 spiro atoms. The largest absolute Gasteiger partial charge is 0.287 e. The number of carbonyl (C=O) groups excluding carboxylic acids is 1. The van der Waals surface area contributed by atoms with E-state index in [9.17, 15) is 18.0 Å². The third-order valence-corrected chi connectivity index (χ3v) is 7.93. The maximum absolute atomic E-state index is 12.8. The number of amides is 1. The van der Waals surface area contributed by atoms with Gasteiger partial charge in [0.15, 0.2) is 5.16 Å². The number of halogens is 1. The highest BCUT2D eigenvalue weighted by Gasteiger charge is 2.40. The number of fused-ring (bicyclic) bond motifs is 2. The summed E-state index contributed by atoms with van der Waals surface area (Å²) in [6, 6.07) is 11.5. The Morgan fingerprint density at radius 3 is 2.62 bits per heavy atom. The van der Waals surface area contributed by atoms with Crippen molar-refractivity contribution in [1.29, 1.82) is 0 Å². The summed E-state index contributed by atoms with van der Waals surface area (Å²) in [5, 5.41) is 1.01. The van der Waals surface area contributed by atoms with Crippen LogP contribution < -0.4 is 5.56 Å². The minimum absolute atomic E-state index is 0.00151. The monoisotopic (exact) mass is 493 g/mol. The summed E-state index contributed by atoms with van der Waals surface area (Å²) in [7, 11) is -3.84. The molecule has 10 heteroatoms. The molecule has 150 valence electrons. The molecule has 0 saturated heterocycles. The van der Waals surface area contributed by atoms with Crippen LogP contribution in [0.4, 0.5) is 0 Å². The average molecular weight is 494 g/mol. The van der Waals surface area contributed by atoms with Gasteiger partial charge in [-0.2, -0.15) is 0 Å². The van der Waals surface area contributed by atoms with Crippen LogP contribution in [-0.2, 0) is 16.6 Å². The van der Waals surface area contributed by atoms with E-state index in [0.717, 1.165) is 8.78 Å². The van der Waals surface area contributed by atoms with Crippen LogP contribution >= 0.6 is 27.7 Å². The molecular formula is C19H16BrN3O4S2. The molecule has 7 nitrogen and oxygen atoms in total. The van der Waals surface area contributed by atoms with Crippen molar-refractivity contribution in [3.8, 4) is 0 Å². The molecule has 0 unspecified atom stereocenters. The molecule has 0 N–H and O–H groups in total. The van der Waals surface area contributed by atoms with Crippen molar-refractivity contribution in [2.24, 2.45) is 0 Å². The van der Waals surface area contributed by atoms with Crippen LogP contribution in [0.5, 0.6) is 0 Å². The Morgan fingerprint density at radius 1 is 1.14 bits per heavy atom. The van der Waals surface area contributed by atoms with E-state index in [2.05, 4.69) is 20.9 Å². The zero-order valence-corrected chi connectivity index (χ0v) is 18.6. The van der Waals surface area contributed by atoms with Gasteiger partial charge in [0.1, 0.15) is 4.90 Å². The highest BCUT2D eigenvalue weighted by atomic mass is 79.9. The lowest BCUT2D eigenvalue weighted by molar-refractivity contribution is 0.0876. The van der Waals surface area contributed by atoms with Crippen LogP contribution in [0, 0.1) is 0 Å². The van der Waals surface area contributed by atoms with Crippen LogP contribution in [-0.4, -0.2) is 40.5 Å². The van der Waals surface area contributed by atoms with E-state index in [1.807, 2.05) is 13.0 Å². The van der Waals surface area contributed by atoms with Gasteiger partial charge >= 0.3 is 0 Å². The second kappa shape index (κ2) is 7.58. The molecule has 0 fully saturated rings. The van der Waals surface area contributed by atoms with Gasteiger partial charge in [-0.25, -0.2) is 17.7 Å². The van der Waals surface area contributed by atoms with Crippen molar-refractivity contribution >= 4 is 54.5 Å². The molecule has 1 aliphatic heterocycles. The number of hydrogen-bond acceptors (Lipinski definition) is 6. The summed E-state index contributed by atoms with van der Waals surface area (Å²) < 4.78 is 28.5. The molecule has 4 rings (SSSR count). The molecule has 1 aliphatic rings. The molecule has 29 heavy (non-hydrogen) atoms. The molecule has 0 atom stereocenters. The fourth-order valence-electron chi connectivity index (χ4n) is 3.23. The predicted molar refractivity (Wildman–Crippen MR) is 115 cm³/mol. The lowest BCUT2D eigenvalue weighted by atomic mass is 10.2. The number of hydrogen-bond donors (Lipinski definition) is 0. The predicted octanol–water partition coefficient (Wildman–Crippen LogP) is 3.12. The summed E-state index contributed by atoms with van der Waals surface area (Å²) in [5.41, 5.74) is 0.610. The van der Waals surface area contributed by atoms with Gasteiger partial charge in [0, 0.05) is 23.3 Å². The van der Waals surface area contributed by atoms with Crippen molar-refractivity contribution in [2.75, 3.05) is 12.3 Å². The minimum Gasteiger partial charge on any atom is -0.287 e. The molecular weight excluding hydrogens is 478 g/mol. The van der Waals surface area contributed by atoms with Gasteiger partial charge in [-0.1, -0.05) is 39.8 Å². The van der Waals surface area contributed by atoms with Crippen LogP contribution in [0.3, 0.4) is 0 Å². The van der Waals surface area contributed by atoms with Crippen molar-refractivity contribution in [3.05, 3.63) is 62.9 Å². The van der Waals surface area contributed by atoms with Crippen molar-refractivity contribution in [2.45, 2.75) is 23.5 Å². The topological polar surface area (TPSA) is 89.3 Å². The first kappa shape index (κ1) is 20.1. The summed E-state index contributed by atoms with van der Waals surface area (Å²) in [6.07, 6.45) is 0. The maximum atomic E-state index is 12.8. The van der Waals surface area contributed by atoms with Crippen molar-refractivity contribution < 1.29 is 13.2 Å². The van der Waals surface area contributed by atoms with E-state index in [4.69, 9.17) is 0 Å². The van der Waals surface area contributed by atoms with E-state index in [-0.39, 0.29) is 28.3 Å². The molecule has 0 bridgehead atoms. The Labute approximate surface area is 179 Å². The molecule has 1 aromatic heterocycles. The second-order valence-electron chi connectivity index (χ2n) is 6.33. The van der Waals surface area contributed by atoms with Gasteiger partial charge in [-0.3, -0.25) is 14.2 Å². The highest BCUT2D eigenvalue weighted by molar-refractivity contribution is 9.10. The van der Waals surface area contributed by atoms with Gasteiger partial charge < -0.3 is 0 Å². The van der Waals surface area contributed by atoms with Crippen molar-refractivity contribution in [3.63, 3.8) is 0 Å². The first-order valence-corrected chi connectivity index (χ1v) is 12.1. The first-order valence-electron chi connectivity index (χ1n) is 8.83. The molecule has 2 aromatic carbocycles. The summed E-state index contributed by atoms with van der Waals surface area (Å²) >= 11 is 4.62. The average Bonchev–Trinajstić information content (AvgIpc) is 2.89. The van der Waals surface area contributed by atoms with E-state index >= 15 is 0 Å². The zero-order valence-electron chi connectivity index (χ0n) is 15.3. The number of aromatic nitrogens is 2. The lowest BCUT2D eigenvalue weighted by Gasteiger charge is -2.16. The smallest absolute Gasteiger partial charge is 0.269 e. The number of sulfonamides is 1. The van der Waals surface area contributed by atoms with Gasteiger partial charge in [-0.15, -0.1) is 0 Å². The third kappa shape index (κ3) is 3.38. The van der Waals surface area contributed by atoms with E-state index in [1.165, 1.54) is 23.9 Å². The van der Waals surface area contributed by atoms with Crippen LogP contribution in [0.1, 0.15) is 17.3 Å². The maximum Gasteiger partial charge on any atom is 0.269 e. The van der Waals surface area contributed by atoms with Gasteiger partial charge in [-0.05, 0) is 37.3 Å². The van der Waals surface area contributed by atoms with Gasteiger partial charge in [0.25, 0.3) is 21.5 Å². The number of thioether (sulfide) groups is 1. The highest BCUT2D eigenvalue weighted by Crippen LogP contribution is 2.30. The minimum atomic E-state index is -3.84. The van der Waals surface area contributed by atoms with Gasteiger partial charge in [0.2, 0.25) is 0 Å². The van der Waals surface area contributed by atoms with Crippen LogP contribution in [0.15, 0.2) is 61.8 Å². The van der Waals surface area contributed by atoms with Gasteiger partial charge in [0.05, 0.1) is 16.5 Å². The number of carbonyl (C=O) groups is 1. The number of nitrogens with zero attached hydrogens (tertiary/aromatic N) is 3. The fraction of sp³-hybridized carbons (Fsp3) is 0.211. The van der Waals surface area contributed by atoms with Crippen molar-refractivity contribution in [1.82, 2.24) is 13.9 Å². The fourth-order valence-corrected chi connectivity index (χ4v) is 6.27. The molecule has 1 amide bonds.